The number of hydrogen-bond acceptors (Lipinski definition) is 5. The monoisotopic (exact) mass is 345 g/mol. The first kappa shape index (κ1) is 16.7. The quantitative estimate of drug-likeness (QED) is 0.724. The fraction of sp³-hybridized carbons (Fsp3) is 0.118. The van der Waals surface area contributed by atoms with Crippen LogP contribution in [0.25, 0.3) is 0 Å². The Balaban J connectivity index is 1.74. The molecule has 25 heavy (non-hydrogen) atoms. The van der Waals surface area contributed by atoms with E-state index < -0.39 is 11.7 Å². The number of halogens is 3. The van der Waals surface area contributed by atoms with E-state index in [4.69, 9.17) is 0 Å². The lowest BCUT2D eigenvalue weighted by Crippen LogP contribution is -2.09. The predicted molar refractivity (Wildman–Crippen MR) is 88.3 cm³/mol. The number of alkyl halides is 3. The molecule has 0 bridgehead atoms. The van der Waals surface area contributed by atoms with Gasteiger partial charge in [0.05, 0.1) is 23.5 Å². The molecule has 5 nitrogen and oxygen atoms in total. The van der Waals surface area contributed by atoms with Crippen molar-refractivity contribution in [3.63, 3.8) is 0 Å². The van der Waals surface area contributed by atoms with E-state index in [9.17, 15) is 13.2 Å². The maximum Gasteiger partial charge on any atom is 0.418 e. The number of rotatable bonds is 5. The first-order valence-corrected chi connectivity index (χ1v) is 7.41. The second kappa shape index (κ2) is 7.16. The fourth-order valence-electron chi connectivity index (χ4n) is 2.18. The van der Waals surface area contributed by atoms with Gasteiger partial charge in [0, 0.05) is 12.3 Å². The summed E-state index contributed by atoms with van der Waals surface area (Å²) in [6, 6.07) is 12.3. The molecule has 0 radical (unpaired) electrons. The topological polar surface area (TPSA) is 62.7 Å². The van der Waals surface area contributed by atoms with E-state index in [0.717, 1.165) is 11.8 Å². The molecule has 0 spiro atoms. The second-order valence-corrected chi connectivity index (χ2v) is 5.13. The van der Waals surface area contributed by atoms with Crippen LogP contribution in [0.15, 0.2) is 61.1 Å². The smallest absolute Gasteiger partial charge is 0.364 e. The van der Waals surface area contributed by atoms with Crippen LogP contribution in [-0.4, -0.2) is 15.0 Å². The van der Waals surface area contributed by atoms with Crippen molar-refractivity contribution >= 4 is 17.3 Å². The molecule has 0 saturated heterocycles. The van der Waals surface area contributed by atoms with Gasteiger partial charge in [0.2, 0.25) is 0 Å². The van der Waals surface area contributed by atoms with Crippen molar-refractivity contribution < 1.29 is 13.2 Å². The Morgan fingerprint density at radius 2 is 1.64 bits per heavy atom. The molecular formula is C17H14F3N5. The molecule has 0 saturated carbocycles. The molecule has 0 amide bonds. The van der Waals surface area contributed by atoms with Gasteiger partial charge in [0.25, 0.3) is 0 Å². The second-order valence-electron chi connectivity index (χ2n) is 5.13. The summed E-state index contributed by atoms with van der Waals surface area (Å²) in [4.78, 5) is 12.2. The summed E-state index contributed by atoms with van der Waals surface area (Å²) < 4.78 is 39.1. The average Bonchev–Trinajstić information content (AvgIpc) is 2.61. The highest BCUT2D eigenvalue weighted by molar-refractivity contribution is 5.63. The minimum absolute atomic E-state index is 0.0654. The maximum atomic E-state index is 13.0. The standard InChI is InChI=1S/C17H14F3N5/c18-17(19,20)13-6-1-2-7-14(13)25-16-9-15(23-11-24-16)22-10-12-5-3-4-8-21-12/h1-9,11H,10H2,(H2,22,23,24,25). The summed E-state index contributed by atoms with van der Waals surface area (Å²) in [6.07, 6.45) is -1.49. The van der Waals surface area contributed by atoms with Gasteiger partial charge in [-0.2, -0.15) is 13.2 Å². The van der Waals surface area contributed by atoms with Crippen molar-refractivity contribution in [2.24, 2.45) is 0 Å². The highest BCUT2D eigenvalue weighted by Gasteiger charge is 2.33. The zero-order valence-electron chi connectivity index (χ0n) is 13.0. The van der Waals surface area contributed by atoms with Crippen LogP contribution >= 0.6 is 0 Å². The summed E-state index contributed by atoms with van der Waals surface area (Å²) in [7, 11) is 0. The summed E-state index contributed by atoms with van der Waals surface area (Å²) in [6.45, 7) is 0.441. The largest absolute Gasteiger partial charge is 0.418 e. The van der Waals surface area contributed by atoms with Crippen LogP contribution in [0.1, 0.15) is 11.3 Å². The van der Waals surface area contributed by atoms with Crippen LogP contribution in [0.3, 0.4) is 0 Å². The predicted octanol–water partition coefficient (Wildman–Crippen LogP) is 4.25. The lowest BCUT2D eigenvalue weighted by molar-refractivity contribution is -0.136. The van der Waals surface area contributed by atoms with Gasteiger partial charge in [-0.3, -0.25) is 4.98 Å². The van der Waals surface area contributed by atoms with Gasteiger partial charge >= 0.3 is 6.18 Å². The van der Waals surface area contributed by atoms with Crippen LogP contribution in [0.2, 0.25) is 0 Å². The van der Waals surface area contributed by atoms with Crippen LogP contribution < -0.4 is 10.6 Å². The van der Waals surface area contributed by atoms with Crippen molar-refractivity contribution in [1.82, 2.24) is 15.0 Å². The molecule has 1 aromatic carbocycles. The van der Waals surface area contributed by atoms with Gasteiger partial charge < -0.3 is 10.6 Å². The number of para-hydroxylation sites is 1. The SMILES string of the molecule is FC(F)(F)c1ccccc1Nc1cc(NCc2ccccn2)ncn1. The van der Waals surface area contributed by atoms with Crippen molar-refractivity contribution in [3.8, 4) is 0 Å². The Bertz CT molecular complexity index is 837. The molecule has 2 aromatic heterocycles. The molecule has 0 aliphatic rings. The Kier molecular flexibility index (Phi) is 4.78. The third-order valence-corrected chi connectivity index (χ3v) is 3.34. The number of hydrogen-bond donors (Lipinski definition) is 2. The minimum atomic E-state index is -4.45. The molecule has 8 heteroatoms. The molecule has 2 N–H and O–H groups in total. The van der Waals surface area contributed by atoms with Gasteiger partial charge in [-0.1, -0.05) is 18.2 Å². The van der Waals surface area contributed by atoms with Crippen molar-refractivity contribution in [2.75, 3.05) is 10.6 Å². The zero-order chi connectivity index (χ0) is 17.7. The lowest BCUT2D eigenvalue weighted by atomic mass is 10.1. The summed E-state index contributed by atoms with van der Waals surface area (Å²) in [5.41, 5.74) is -0.000906. The van der Waals surface area contributed by atoms with Gasteiger partial charge in [-0.25, -0.2) is 9.97 Å². The number of benzene rings is 1. The molecule has 0 aliphatic heterocycles. The molecule has 0 aliphatic carbocycles. The van der Waals surface area contributed by atoms with Crippen molar-refractivity contribution in [3.05, 3.63) is 72.3 Å². The Morgan fingerprint density at radius 1 is 0.880 bits per heavy atom. The molecule has 3 rings (SSSR count). The number of nitrogens with one attached hydrogen (secondary N) is 2. The first-order chi connectivity index (χ1) is 12.0. The molecule has 2 heterocycles. The third-order valence-electron chi connectivity index (χ3n) is 3.34. The van der Waals surface area contributed by atoms with Crippen LogP contribution in [0, 0.1) is 0 Å². The van der Waals surface area contributed by atoms with Gasteiger partial charge in [0.1, 0.15) is 18.0 Å². The number of nitrogens with zero attached hydrogens (tertiary/aromatic N) is 3. The van der Waals surface area contributed by atoms with E-state index in [1.165, 1.54) is 30.6 Å². The Hall–Kier alpha value is -3.16. The Labute approximate surface area is 142 Å². The van der Waals surface area contributed by atoms with E-state index in [1.54, 1.807) is 6.20 Å². The van der Waals surface area contributed by atoms with Crippen LogP contribution in [0.4, 0.5) is 30.5 Å². The third kappa shape index (κ3) is 4.43. The van der Waals surface area contributed by atoms with Gasteiger partial charge in [-0.05, 0) is 24.3 Å². The van der Waals surface area contributed by atoms with E-state index in [1.807, 2.05) is 18.2 Å². The first-order valence-electron chi connectivity index (χ1n) is 7.41. The molecule has 0 fully saturated rings. The van der Waals surface area contributed by atoms with Crippen LogP contribution in [-0.2, 0) is 12.7 Å². The number of anilines is 3. The summed E-state index contributed by atoms with van der Waals surface area (Å²) in [5, 5.41) is 5.75. The lowest BCUT2D eigenvalue weighted by Gasteiger charge is -2.14. The van der Waals surface area contributed by atoms with E-state index in [2.05, 4.69) is 25.6 Å². The van der Waals surface area contributed by atoms with E-state index in [0.29, 0.717) is 12.4 Å². The Morgan fingerprint density at radius 3 is 2.40 bits per heavy atom. The van der Waals surface area contributed by atoms with Crippen molar-refractivity contribution in [1.29, 1.82) is 0 Å². The minimum Gasteiger partial charge on any atom is -0.364 e. The van der Waals surface area contributed by atoms with Gasteiger partial charge in [-0.15, -0.1) is 0 Å². The average molecular weight is 345 g/mol. The molecule has 3 aromatic rings. The zero-order valence-corrected chi connectivity index (χ0v) is 13.0. The molecule has 128 valence electrons. The molecular weight excluding hydrogens is 331 g/mol. The van der Waals surface area contributed by atoms with Crippen LogP contribution in [0.5, 0.6) is 0 Å². The van der Waals surface area contributed by atoms with Crippen molar-refractivity contribution in [2.45, 2.75) is 12.7 Å². The molecule has 0 atom stereocenters. The highest BCUT2D eigenvalue weighted by atomic mass is 19.4. The number of pyridine rings is 1. The number of aromatic nitrogens is 3. The van der Waals surface area contributed by atoms with E-state index >= 15 is 0 Å². The normalized spacial score (nSPS) is 11.2. The van der Waals surface area contributed by atoms with E-state index in [-0.39, 0.29) is 11.5 Å². The molecule has 0 unspecified atom stereocenters. The summed E-state index contributed by atoms with van der Waals surface area (Å²) in [5.74, 6) is 0.739. The highest BCUT2D eigenvalue weighted by Crippen LogP contribution is 2.35. The van der Waals surface area contributed by atoms with Gasteiger partial charge in [0.15, 0.2) is 0 Å². The fourth-order valence-corrected chi connectivity index (χ4v) is 2.18. The summed E-state index contributed by atoms with van der Waals surface area (Å²) >= 11 is 0. The maximum absolute atomic E-state index is 13.0.